The van der Waals surface area contributed by atoms with Gasteiger partial charge >= 0.3 is 0 Å². The van der Waals surface area contributed by atoms with Gasteiger partial charge < -0.3 is 9.88 Å². The first-order chi connectivity index (χ1) is 11.6. The van der Waals surface area contributed by atoms with Gasteiger partial charge in [-0.15, -0.1) is 0 Å². The highest BCUT2D eigenvalue weighted by Gasteiger charge is 2.06. The third-order valence-electron chi connectivity index (χ3n) is 3.86. The lowest BCUT2D eigenvalue weighted by Crippen LogP contribution is -2.22. The fourth-order valence-corrected chi connectivity index (χ4v) is 2.54. The Morgan fingerprint density at radius 3 is 2.38 bits per heavy atom. The molecule has 1 heterocycles. The standard InChI is InChI=1S/C19H18ClN3O/c1-14-21-10-11-23(14)13-16-2-6-17(7-3-16)19(24)22-12-15-4-8-18(20)9-5-15/h2-11H,12-13H2,1H3,(H,22,24). The number of aromatic nitrogens is 2. The van der Waals surface area contributed by atoms with Crippen LogP contribution in [-0.2, 0) is 13.1 Å². The molecule has 0 unspecified atom stereocenters. The number of hydrogen-bond acceptors (Lipinski definition) is 2. The molecule has 5 heteroatoms. The number of aryl methyl sites for hydroxylation is 1. The molecule has 1 aromatic heterocycles. The molecule has 24 heavy (non-hydrogen) atoms. The molecule has 1 amide bonds. The zero-order chi connectivity index (χ0) is 16.9. The molecule has 4 nitrogen and oxygen atoms in total. The Kier molecular flexibility index (Phi) is 4.96. The van der Waals surface area contributed by atoms with E-state index in [0.29, 0.717) is 17.1 Å². The summed E-state index contributed by atoms with van der Waals surface area (Å²) in [6.45, 7) is 3.20. The summed E-state index contributed by atoms with van der Waals surface area (Å²) in [6, 6.07) is 15.1. The predicted octanol–water partition coefficient (Wildman–Crippen LogP) is 3.82. The van der Waals surface area contributed by atoms with Crippen molar-refractivity contribution in [2.24, 2.45) is 0 Å². The minimum atomic E-state index is -0.0877. The van der Waals surface area contributed by atoms with Crippen LogP contribution in [0.4, 0.5) is 0 Å². The second-order valence-corrected chi connectivity index (χ2v) is 6.04. The molecule has 0 spiro atoms. The van der Waals surface area contributed by atoms with Gasteiger partial charge in [0.25, 0.3) is 5.91 Å². The van der Waals surface area contributed by atoms with E-state index >= 15 is 0 Å². The molecule has 0 radical (unpaired) electrons. The van der Waals surface area contributed by atoms with Crippen LogP contribution in [0.5, 0.6) is 0 Å². The van der Waals surface area contributed by atoms with Gasteiger partial charge in [0.05, 0.1) is 0 Å². The van der Waals surface area contributed by atoms with Crippen molar-refractivity contribution in [3.05, 3.63) is 88.5 Å². The minimum absolute atomic E-state index is 0.0877. The lowest BCUT2D eigenvalue weighted by molar-refractivity contribution is 0.0951. The van der Waals surface area contributed by atoms with Crippen LogP contribution in [0.15, 0.2) is 60.9 Å². The smallest absolute Gasteiger partial charge is 0.251 e. The van der Waals surface area contributed by atoms with Gasteiger partial charge in [-0.05, 0) is 42.3 Å². The molecule has 0 saturated heterocycles. The number of carbonyl (C=O) groups excluding carboxylic acids is 1. The van der Waals surface area contributed by atoms with Crippen LogP contribution in [0.3, 0.4) is 0 Å². The molecule has 3 aromatic rings. The van der Waals surface area contributed by atoms with Crippen molar-refractivity contribution in [2.75, 3.05) is 0 Å². The van der Waals surface area contributed by atoms with E-state index < -0.39 is 0 Å². The number of carbonyl (C=O) groups is 1. The molecule has 122 valence electrons. The van der Waals surface area contributed by atoms with Gasteiger partial charge in [0.1, 0.15) is 5.82 Å². The zero-order valence-corrected chi connectivity index (χ0v) is 14.1. The van der Waals surface area contributed by atoms with E-state index in [4.69, 9.17) is 11.6 Å². The highest BCUT2D eigenvalue weighted by Crippen LogP contribution is 2.10. The van der Waals surface area contributed by atoms with E-state index in [1.54, 1.807) is 6.20 Å². The Hall–Kier alpha value is -2.59. The van der Waals surface area contributed by atoms with Crippen LogP contribution in [0, 0.1) is 6.92 Å². The Bertz CT molecular complexity index is 823. The normalized spacial score (nSPS) is 10.6. The number of hydrogen-bond donors (Lipinski definition) is 1. The summed E-state index contributed by atoms with van der Waals surface area (Å²) in [6.07, 6.45) is 3.73. The van der Waals surface area contributed by atoms with E-state index in [-0.39, 0.29) is 5.91 Å². The van der Waals surface area contributed by atoms with Crippen molar-refractivity contribution in [1.29, 1.82) is 0 Å². The second kappa shape index (κ2) is 7.32. The van der Waals surface area contributed by atoms with Crippen LogP contribution in [0.1, 0.15) is 27.3 Å². The Morgan fingerprint density at radius 1 is 1.08 bits per heavy atom. The van der Waals surface area contributed by atoms with Crippen molar-refractivity contribution in [1.82, 2.24) is 14.9 Å². The Labute approximate surface area is 146 Å². The first-order valence-corrected chi connectivity index (χ1v) is 8.09. The van der Waals surface area contributed by atoms with Crippen LogP contribution >= 0.6 is 11.6 Å². The zero-order valence-electron chi connectivity index (χ0n) is 13.4. The van der Waals surface area contributed by atoms with Crippen molar-refractivity contribution in [3.63, 3.8) is 0 Å². The van der Waals surface area contributed by atoms with E-state index in [0.717, 1.165) is 23.5 Å². The average molecular weight is 340 g/mol. The maximum absolute atomic E-state index is 12.2. The van der Waals surface area contributed by atoms with Crippen molar-refractivity contribution in [2.45, 2.75) is 20.0 Å². The fraction of sp³-hybridized carbons (Fsp3) is 0.158. The summed E-state index contributed by atoms with van der Waals surface area (Å²) < 4.78 is 2.07. The first kappa shape index (κ1) is 16.3. The lowest BCUT2D eigenvalue weighted by Gasteiger charge is -2.08. The van der Waals surface area contributed by atoms with Gasteiger partial charge in [0, 0.05) is 36.1 Å². The highest BCUT2D eigenvalue weighted by atomic mass is 35.5. The highest BCUT2D eigenvalue weighted by molar-refractivity contribution is 6.30. The van der Waals surface area contributed by atoms with Crippen molar-refractivity contribution < 1.29 is 4.79 Å². The first-order valence-electron chi connectivity index (χ1n) is 7.71. The molecule has 0 aliphatic rings. The third kappa shape index (κ3) is 4.03. The van der Waals surface area contributed by atoms with Crippen molar-refractivity contribution >= 4 is 17.5 Å². The number of amides is 1. The number of benzene rings is 2. The molecule has 2 aromatic carbocycles. The van der Waals surface area contributed by atoms with E-state index in [2.05, 4.69) is 14.9 Å². The van der Waals surface area contributed by atoms with Crippen LogP contribution in [0.2, 0.25) is 5.02 Å². The number of imidazole rings is 1. The number of rotatable bonds is 5. The number of nitrogens with one attached hydrogen (secondary N) is 1. The lowest BCUT2D eigenvalue weighted by atomic mass is 10.1. The molecule has 0 bridgehead atoms. The molecule has 0 aliphatic carbocycles. The summed E-state index contributed by atoms with van der Waals surface area (Å²) in [7, 11) is 0. The summed E-state index contributed by atoms with van der Waals surface area (Å²) in [4.78, 5) is 16.4. The maximum Gasteiger partial charge on any atom is 0.251 e. The van der Waals surface area contributed by atoms with Gasteiger partial charge in [-0.1, -0.05) is 35.9 Å². The molecule has 0 saturated carbocycles. The fourth-order valence-electron chi connectivity index (χ4n) is 2.42. The topological polar surface area (TPSA) is 46.9 Å². The van der Waals surface area contributed by atoms with Gasteiger partial charge in [-0.2, -0.15) is 0 Å². The molecule has 0 atom stereocenters. The number of nitrogens with zero attached hydrogens (tertiary/aromatic N) is 2. The average Bonchev–Trinajstić information content (AvgIpc) is 3.00. The van der Waals surface area contributed by atoms with E-state index in [9.17, 15) is 4.79 Å². The summed E-state index contributed by atoms with van der Waals surface area (Å²) in [5, 5.41) is 3.60. The van der Waals surface area contributed by atoms with Gasteiger partial charge in [0.15, 0.2) is 0 Å². The van der Waals surface area contributed by atoms with Crippen LogP contribution in [-0.4, -0.2) is 15.5 Å². The summed E-state index contributed by atoms with van der Waals surface area (Å²) in [5.41, 5.74) is 2.79. The second-order valence-electron chi connectivity index (χ2n) is 5.61. The minimum Gasteiger partial charge on any atom is -0.348 e. The van der Waals surface area contributed by atoms with E-state index in [1.165, 1.54) is 0 Å². The molecule has 0 fully saturated rings. The monoisotopic (exact) mass is 339 g/mol. The Balaban J connectivity index is 1.59. The largest absolute Gasteiger partial charge is 0.348 e. The SMILES string of the molecule is Cc1nccn1Cc1ccc(C(=O)NCc2ccc(Cl)cc2)cc1. The van der Waals surface area contributed by atoms with Crippen LogP contribution in [0.25, 0.3) is 0 Å². The van der Waals surface area contributed by atoms with Crippen LogP contribution < -0.4 is 5.32 Å². The predicted molar refractivity (Wildman–Crippen MR) is 95.1 cm³/mol. The number of halogens is 1. The maximum atomic E-state index is 12.2. The molecule has 1 N–H and O–H groups in total. The molecular weight excluding hydrogens is 322 g/mol. The van der Waals surface area contributed by atoms with Crippen molar-refractivity contribution in [3.8, 4) is 0 Å². The molecular formula is C19H18ClN3O. The quantitative estimate of drug-likeness (QED) is 0.768. The summed E-state index contributed by atoms with van der Waals surface area (Å²) >= 11 is 5.85. The summed E-state index contributed by atoms with van der Waals surface area (Å²) in [5.74, 6) is 0.884. The Morgan fingerprint density at radius 2 is 1.75 bits per heavy atom. The van der Waals surface area contributed by atoms with Gasteiger partial charge in [0.2, 0.25) is 0 Å². The third-order valence-corrected chi connectivity index (χ3v) is 4.11. The van der Waals surface area contributed by atoms with Gasteiger partial charge in [-0.25, -0.2) is 4.98 Å². The molecule has 3 rings (SSSR count). The van der Waals surface area contributed by atoms with Gasteiger partial charge in [-0.3, -0.25) is 4.79 Å². The molecule has 0 aliphatic heterocycles. The van der Waals surface area contributed by atoms with E-state index in [1.807, 2.05) is 61.7 Å².